The van der Waals surface area contributed by atoms with E-state index in [1.807, 2.05) is 0 Å². The smallest absolute Gasteiger partial charge is 0.286 e. The Labute approximate surface area is 43.6 Å². The van der Waals surface area contributed by atoms with E-state index in [0.29, 0.717) is 6.61 Å². The van der Waals surface area contributed by atoms with Crippen LogP contribution in [0.25, 0.3) is 0 Å². The third-order valence-corrected chi connectivity index (χ3v) is 1.15. The van der Waals surface area contributed by atoms with Crippen LogP contribution in [0.4, 0.5) is 0 Å². The van der Waals surface area contributed by atoms with Crippen LogP contribution in [-0.4, -0.2) is 13.7 Å². The molecule has 0 spiro atoms. The molecule has 0 fully saturated rings. The molecule has 0 aromatic rings. The molecule has 0 saturated heterocycles. The fraction of sp³-hybridized carbons (Fsp3) is 1.00. The Bertz CT molecular complexity index is 63.2. The summed E-state index contributed by atoms with van der Waals surface area (Å²) in [6, 6.07) is 0. The molecule has 0 rings (SSSR count). The molecule has 0 aliphatic carbocycles. The van der Waals surface area contributed by atoms with Crippen molar-refractivity contribution in [3.63, 3.8) is 0 Å². The highest BCUT2D eigenvalue weighted by atomic mass is 31.1. The van der Waals surface area contributed by atoms with Crippen LogP contribution >= 0.6 is 8.25 Å². The van der Waals surface area contributed by atoms with Gasteiger partial charge in [0, 0.05) is 0 Å². The lowest BCUT2D eigenvalue weighted by molar-refractivity contribution is 0.268. The molecule has 0 heterocycles. The van der Waals surface area contributed by atoms with Crippen LogP contribution in [0, 0.1) is 0 Å². The van der Waals surface area contributed by atoms with Crippen molar-refractivity contribution < 1.29 is 13.6 Å². The third-order valence-electron chi connectivity index (χ3n) is 0.384. The summed E-state index contributed by atoms with van der Waals surface area (Å²) in [5.41, 5.74) is 0. The van der Waals surface area contributed by atoms with Crippen molar-refractivity contribution in [3.05, 3.63) is 0 Å². The Hall–Kier alpha value is 0.0200. The van der Waals surface area contributed by atoms with Crippen molar-refractivity contribution in [3.8, 4) is 0 Å². The van der Waals surface area contributed by atoms with E-state index in [2.05, 4.69) is 9.05 Å². The van der Waals surface area contributed by atoms with Gasteiger partial charge in [0.15, 0.2) is 0 Å². The molecule has 0 N–H and O–H groups in total. The SMILES string of the molecule is CCO[P](=O)OC. The van der Waals surface area contributed by atoms with E-state index in [0.717, 1.165) is 0 Å². The lowest BCUT2D eigenvalue weighted by Gasteiger charge is -1.91. The van der Waals surface area contributed by atoms with E-state index in [9.17, 15) is 4.57 Å². The molecule has 1 radical (unpaired) electrons. The topological polar surface area (TPSA) is 35.5 Å². The standard InChI is InChI=1S/C3H8O3P/c1-3-6-7(4)5-2/h3H2,1-2H3. The first-order valence-electron chi connectivity index (χ1n) is 1.95. The minimum Gasteiger partial charge on any atom is -0.286 e. The van der Waals surface area contributed by atoms with E-state index >= 15 is 0 Å². The first-order chi connectivity index (χ1) is 3.31. The quantitative estimate of drug-likeness (QED) is 0.531. The van der Waals surface area contributed by atoms with Gasteiger partial charge in [-0.05, 0) is 6.92 Å². The molecule has 1 unspecified atom stereocenters. The molecule has 0 aliphatic heterocycles. The van der Waals surface area contributed by atoms with Crippen molar-refractivity contribution in [2.45, 2.75) is 6.92 Å². The molecule has 0 aromatic heterocycles. The van der Waals surface area contributed by atoms with Crippen molar-refractivity contribution in [1.82, 2.24) is 0 Å². The summed E-state index contributed by atoms with van der Waals surface area (Å²) in [4.78, 5) is 0. The van der Waals surface area contributed by atoms with E-state index < -0.39 is 8.25 Å². The summed E-state index contributed by atoms with van der Waals surface area (Å²) in [7, 11) is -0.487. The second-order valence-electron chi connectivity index (χ2n) is 0.824. The van der Waals surface area contributed by atoms with Gasteiger partial charge < -0.3 is 0 Å². The predicted molar refractivity (Wildman–Crippen MR) is 26.2 cm³/mol. The zero-order chi connectivity index (χ0) is 5.70. The second-order valence-corrected chi connectivity index (χ2v) is 1.89. The highest BCUT2D eigenvalue weighted by Crippen LogP contribution is 2.20. The Balaban J connectivity index is 3.00. The normalized spacial score (nSPS) is 11.4. The minimum atomic E-state index is -1.83. The molecule has 43 valence electrons. The molecule has 0 saturated carbocycles. The average Bonchev–Trinajstić information content (AvgIpc) is 1.68. The van der Waals surface area contributed by atoms with Gasteiger partial charge in [-0.15, -0.1) is 0 Å². The largest absolute Gasteiger partial charge is 0.368 e. The van der Waals surface area contributed by atoms with Gasteiger partial charge in [0.2, 0.25) is 0 Å². The third kappa shape index (κ3) is 3.86. The van der Waals surface area contributed by atoms with Crippen molar-refractivity contribution in [1.29, 1.82) is 0 Å². The number of hydrogen-bond acceptors (Lipinski definition) is 3. The lowest BCUT2D eigenvalue weighted by Crippen LogP contribution is -1.76. The summed E-state index contributed by atoms with van der Waals surface area (Å²) < 4.78 is 18.9. The van der Waals surface area contributed by atoms with Crippen LogP contribution in [0.1, 0.15) is 6.92 Å². The van der Waals surface area contributed by atoms with Gasteiger partial charge in [0.25, 0.3) is 0 Å². The molecule has 7 heavy (non-hydrogen) atoms. The Kier molecular flexibility index (Phi) is 4.20. The summed E-state index contributed by atoms with van der Waals surface area (Å²) in [5.74, 6) is 0. The predicted octanol–water partition coefficient (Wildman–Crippen LogP) is 1.33. The van der Waals surface area contributed by atoms with Crippen LogP contribution in [0.3, 0.4) is 0 Å². The van der Waals surface area contributed by atoms with E-state index in [1.165, 1.54) is 7.11 Å². The molecule has 0 bridgehead atoms. The van der Waals surface area contributed by atoms with Crippen LogP contribution in [0.15, 0.2) is 0 Å². The first-order valence-corrected chi connectivity index (χ1v) is 3.05. The Morgan fingerprint density at radius 1 is 1.71 bits per heavy atom. The monoisotopic (exact) mass is 123 g/mol. The maximum atomic E-state index is 10.1. The molecule has 4 heteroatoms. The van der Waals surface area contributed by atoms with Crippen molar-refractivity contribution in [2.75, 3.05) is 13.7 Å². The van der Waals surface area contributed by atoms with Crippen LogP contribution in [0.5, 0.6) is 0 Å². The minimum absolute atomic E-state index is 0.434. The fourth-order valence-corrected chi connectivity index (χ4v) is 0.474. The van der Waals surface area contributed by atoms with Crippen LogP contribution in [0.2, 0.25) is 0 Å². The Morgan fingerprint density at radius 2 is 2.29 bits per heavy atom. The maximum absolute atomic E-state index is 10.1. The van der Waals surface area contributed by atoms with Crippen molar-refractivity contribution in [2.24, 2.45) is 0 Å². The van der Waals surface area contributed by atoms with Gasteiger partial charge in [-0.1, -0.05) is 0 Å². The van der Waals surface area contributed by atoms with Gasteiger partial charge in [-0.25, -0.2) is 4.57 Å². The van der Waals surface area contributed by atoms with Gasteiger partial charge in [-0.2, -0.15) is 0 Å². The van der Waals surface area contributed by atoms with E-state index in [4.69, 9.17) is 0 Å². The molecule has 1 atom stereocenters. The van der Waals surface area contributed by atoms with Gasteiger partial charge >= 0.3 is 8.25 Å². The van der Waals surface area contributed by atoms with Crippen molar-refractivity contribution >= 4 is 8.25 Å². The number of hydrogen-bond donors (Lipinski definition) is 0. The highest BCUT2D eigenvalue weighted by Gasteiger charge is 1.91. The van der Waals surface area contributed by atoms with Crippen LogP contribution < -0.4 is 0 Å². The molecular weight excluding hydrogens is 115 g/mol. The molecular formula is C3H8O3P. The van der Waals surface area contributed by atoms with Gasteiger partial charge in [-0.3, -0.25) is 9.05 Å². The average molecular weight is 123 g/mol. The molecule has 0 amide bonds. The van der Waals surface area contributed by atoms with E-state index in [1.54, 1.807) is 6.92 Å². The van der Waals surface area contributed by atoms with Crippen LogP contribution in [-0.2, 0) is 13.6 Å². The maximum Gasteiger partial charge on any atom is 0.368 e. The summed E-state index contributed by atoms with van der Waals surface area (Å²) in [5, 5.41) is 0. The van der Waals surface area contributed by atoms with Gasteiger partial charge in [0.05, 0.1) is 13.7 Å². The summed E-state index contributed by atoms with van der Waals surface area (Å²) in [6.45, 7) is 2.19. The lowest BCUT2D eigenvalue weighted by atomic mass is 10.9. The Morgan fingerprint density at radius 3 is 2.43 bits per heavy atom. The molecule has 0 aromatic carbocycles. The summed E-state index contributed by atoms with van der Waals surface area (Å²) >= 11 is 0. The molecule has 3 nitrogen and oxygen atoms in total. The zero-order valence-electron chi connectivity index (χ0n) is 4.38. The summed E-state index contributed by atoms with van der Waals surface area (Å²) in [6.07, 6.45) is 0. The molecule has 0 aliphatic rings. The first kappa shape index (κ1) is 7.02. The fourth-order valence-electron chi connectivity index (χ4n) is 0.158. The highest BCUT2D eigenvalue weighted by molar-refractivity contribution is 7.33. The second kappa shape index (κ2) is 4.19. The number of rotatable bonds is 3. The van der Waals surface area contributed by atoms with Gasteiger partial charge in [0.1, 0.15) is 0 Å². The zero-order valence-corrected chi connectivity index (χ0v) is 5.27. The van der Waals surface area contributed by atoms with E-state index in [-0.39, 0.29) is 0 Å².